The molecule has 0 aliphatic carbocycles. The third-order valence-corrected chi connectivity index (χ3v) is 5.33. The maximum Gasteiger partial charge on any atom is 0.224 e. The largest absolute Gasteiger partial charge is 0.378 e. The molecule has 0 atom stereocenters. The van der Waals surface area contributed by atoms with Crippen LogP contribution in [0.25, 0.3) is 0 Å². The predicted octanol–water partition coefficient (Wildman–Crippen LogP) is 7.97. The Kier molecular flexibility index (Phi) is 14.9. The van der Waals surface area contributed by atoms with E-state index in [-0.39, 0.29) is 7.33 Å². The molecule has 0 bridgehead atoms. The number of hydrogen-bond donors (Lipinski definition) is 1. The molecule has 0 spiro atoms. The van der Waals surface area contributed by atoms with Gasteiger partial charge in [-0.25, -0.2) is 0 Å². The summed E-state index contributed by atoms with van der Waals surface area (Å²) >= 11 is 0. The van der Waals surface area contributed by atoms with E-state index in [0.29, 0.717) is 6.42 Å². The van der Waals surface area contributed by atoms with Gasteiger partial charge in [0, 0.05) is 33.3 Å². The van der Waals surface area contributed by atoms with Crippen molar-refractivity contribution in [3.8, 4) is 0 Å². The molecule has 0 aromatic heterocycles. The molecule has 1 amide bonds. The summed E-state index contributed by atoms with van der Waals surface area (Å²) in [7, 11) is 4.03. The Morgan fingerprint density at radius 1 is 0.828 bits per heavy atom. The van der Waals surface area contributed by atoms with Crippen LogP contribution < -0.4 is 10.2 Å². The summed E-state index contributed by atoms with van der Waals surface area (Å²) in [5.74, 6) is 0.125. The number of nitrogens with one attached hydrogen (secondary N) is 1. The van der Waals surface area contributed by atoms with Gasteiger partial charge in [-0.15, -0.1) is 0 Å². The van der Waals surface area contributed by atoms with E-state index >= 15 is 0 Å². The molecular weight excluding hydrogens is 356 g/mol. The lowest BCUT2D eigenvalue weighted by molar-refractivity contribution is -0.116. The smallest absolute Gasteiger partial charge is 0.224 e. The lowest BCUT2D eigenvalue weighted by atomic mass is 10.1. The van der Waals surface area contributed by atoms with Crippen LogP contribution in [0.5, 0.6) is 0 Å². The Hall–Kier alpha value is -1.77. The van der Waals surface area contributed by atoms with E-state index < -0.39 is 0 Å². The molecule has 166 valence electrons. The summed E-state index contributed by atoms with van der Waals surface area (Å²) in [6, 6.07) is 7.98. The van der Waals surface area contributed by atoms with Crippen molar-refractivity contribution < 1.29 is 6.22 Å². The maximum atomic E-state index is 12.0. The van der Waals surface area contributed by atoms with Crippen molar-refractivity contribution in [3.63, 3.8) is 0 Å². The first-order valence-corrected chi connectivity index (χ1v) is 11.9. The van der Waals surface area contributed by atoms with Gasteiger partial charge in [-0.1, -0.05) is 70.4 Å². The third-order valence-electron chi connectivity index (χ3n) is 5.33. The first kappa shape index (κ1) is 25.3. The molecule has 0 unspecified atom stereocenters. The quantitative estimate of drug-likeness (QED) is 0.212. The highest BCUT2D eigenvalue weighted by Crippen LogP contribution is 2.16. The van der Waals surface area contributed by atoms with Crippen LogP contribution in [0.1, 0.15) is 98.2 Å². The number of unbranched alkanes of at least 4 members (excludes halogenated alkanes) is 11. The predicted molar refractivity (Wildman–Crippen MR) is 131 cm³/mol. The summed E-state index contributed by atoms with van der Waals surface area (Å²) in [4.78, 5) is 14.1. The lowest BCUT2D eigenvalue weighted by Crippen LogP contribution is -2.12. The van der Waals surface area contributed by atoms with Crippen LogP contribution in [-0.4, -0.2) is 20.0 Å². The summed E-state index contributed by atoms with van der Waals surface area (Å²) in [5.41, 5.74) is 2.02. The second-order valence-electron chi connectivity index (χ2n) is 8.32. The Morgan fingerprint density at radius 3 is 1.90 bits per heavy atom. The van der Waals surface area contributed by atoms with Gasteiger partial charge in [-0.05, 0) is 56.4 Å². The number of carbonyl (C=O) groups excluding carboxylic acids is 1. The lowest BCUT2D eigenvalue weighted by Gasteiger charge is -2.13. The van der Waals surface area contributed by atoms with Gasteiger partial charge in [0.05, 0.1) is 0 Å². The molecule has 3 heteroatoms. The summed E-state index contributed by atoms with van der Waals surface area (Å²) in [5, 5.41) is 2.99. The molecule has 1 rings (SSSR count). The number of rotatable bonds is 17. The van der Waals surface area contributed by atoms with Gasteiger partial charge in [0.25, 0.3) is 0 Å². The normalized spacial score (nSPS) is 11.1. The van der Waals surface area contributed by atoms with Crippen LogP contribution in [0.4, 0.5) is 11.4 Å². The van der Waals surface area contributed by atoms with Crippen molar-refractivity contribution in [2.75, 3.05) is 24.3 Å². The monoisotopic (exact) mass is 402 g/mol. The van der Waals surface area contributed by atoms with E-state index in [9.17, 15) is 4.79 Å². The highest BCUT2D eigenvalue weighted by Gasteiger charge is 2.03. The van der Waals surface area contributed by atoms with Crippen molar-refractivity contribution in [1.29, 1.82) is 0 Å². The van der Waals surface area contributed by atoms with E-state index in [0.717, 1.165) is 24.2 Å². The van der Waals surface area contributed by atoms with Gasteiger partial charge in [-0.2, -0.15) is 0 Å². The van der Waals surface area contributed by atoms with Crippen LogP contribution >= 0.6 is 0 Å². The van der Waals surface area contributed by atoms with Crippen LogP contribution in [0.3, 0.4) is 0 Å². The number of anilines is 2. The number of allylic oxidation sites excluding steroid dienone is 2. The van der Waals surface area contributed by atoms with Gasteiger partial charge in [0.1, 0.15) is 0 Å². The number of nitrogens with zero attached hydrogens (tertiary/aromatic N) is 1. The third kappa shape index (κ3) is 13.9. The fraction of sp³-hybridized carbons (Fsp3) is 0.654. The number of hydrogen-bond acceptors (Lipinski definition) is 2. The average molecular weight is 403 g/mol. The van der Waals surface area contributed by atoms with E-state index in [1.807, 2.05) is 38.4 Å². The molecule has 0 saturated heterocycles. The van der Waals surface area contributed by atoms with Crippen molar-refractivity contribution in [2.24, 2.45) is 0 Å². The van der Waals surface area contributed by atoms with Gasteiger partial charge < -0.3 is 10.2 Å². The van der Waals surface area contributed by atoms with E-state index in [1.54, 1.807) is 0 Å². The standard InChI is InChI=1S/C26H44N2O.H2/c1-4-5-6-7-8-9-10-11-12-13-14-15-16-17-18-19-26(29)27-24-20-22-25(23-21-24)28(2)3;/h11-12,20-23H,4-10,13-19H2,1-3H3,(H,27,29);1H/b12-11-;. The second kappa shape index (κ2) is 17.1. The first-order valence-electron chi connectivity index (χ1n) is 11.9. The van der Waals surface area contributed by atoms with Crippen molar-refractivity contribution in [1.82, 2.24) is 0 Å². The minimum Gasteiger partial charge on any atom is -0.378 e. The van der Waals surface area contributed by atoms with Crippen molar-refractivity contribution in [2.45, 2.75) is 96.8 Å². The van der Waals surface area contributed by atoms with E-state index in [1.165, 1.54) is 70.6 Å². The number of benzene rings is 1. The van der Waals surface area contributed by atoms with E-state index in [2.05, 4.69) is 29.3 Å². The second-order valence-corrected chi connectivity index (χ2v) is 8.32. The minimum absolute atomic E-state index is 0. The molecule has 0 heterocycles. The molecule has 0 radical (unpaired) electrons. The van der Waals surface area contributed by atoms with E-state index in [4.69, 9.17) is 0 Å². The molecule has 3 nitrogen and oxygen atoms in total. The summed E-state index contributed by atoms with van der Waals surface area (Å²) in [6.45, 7) is 2.27. The summed E-state index contributed by atoms with van der Waals surface area (Å²) in [6.07, 6.45) is 22.0. The average Bonchev–Trinajstić information content (AvgIpc) is 2.71. The van der Waals surface area contributed by atoms with Gasteiger partial charge in [0.15, 0.2) is 0 Å². The zero-order valence-corrected chi connectivity index (χ0v) is 19.2. The highest BCUT2D eigenvalue weighted by atomic mass is 16.1. The molecule has 1 N–H and O–H groups in total. The zero-order chi connectivity index (χ0) is 21.2. The summed E-state index contributed by atoms with van der Waals surface area (Å²) < 4.78 is 0. The molecule has 29 heavy (non-hydrogen) atoms. The van der Waals surface area contributed by atoms with Gasteiger partial charge in [0.2, 0.25) is 5.91 Å². The Morgan fingerprint density at radius 2 is 1.34 bits per heavy atom. The topological polar surface area (TPSA) is 32.3 Å². The van der Waals surface area contributed by atoms with Crippen LogP contribution in [0.15, 0.2) is 36.4 Å². The number of amides is 1. The number of carbonyl (C=O) groups is 1. The van der Waals surface area contributed by atoms with Gasteiger partial charge in [-0.3, -0.25) is 4.79 Å². The fourth-order valence-electron chi connectivity index (χ4n) is 3.42. The highest BCUT2D eigenvalue weighted by molar-refractivity contribution is 5.90. The zero-order valence-electron chi connectivity index (χ0n) is 19.2. The molecule has 0 aliphatic rings. The molecule has 1 aromatic rings. The molecular formula is C26H46N2O. The minimum atomic E-state index is 0. The Labute approximate surface area is 181 Å². The molecule has 0 saturated carbocycles. The molecule has 0 aliphatic heterocycles. The first-order chi connectivity index (χ1) is 14.1. The molecule has 0 fully saturated rings. The Balaban J connectivity index is 0.00000841. The molecule has 1 aromatic carbocycles. The maximum absolute atomic E-state index is 12.0. The van der Waals surface area contributed by atoms with Crippen LogP contribution in [0, 0.1) is 0 Å². The van der Waals surface area contributed by atoms with Crippen molar-refractivity contribution in [3.05, 3.63) is 36.4 Å². The fourth-order valence-corrected chi connectivity index (χ4v) is 3.42. The van der Waals surface area contributed by atoms with Crippen LogP contribution in [0.2, 0.25) is 0 Å². The van der Waals surface area contributed by atoms with Crippen molar-refractivity contribution >= 4 is 17.3 Å². The van der Waals surface area contributed by atoms with Gasteiger partial charge >= 0.3 is 0 Å². The van der Waals surface area contributed by atoms with Crippen LogP contribution in [-0.2, 0) is 4.79 Å². The Bertz CT molecular complexity index is 555. The SMILES string of the molecule is CCCCCCCC/C=C\CCCCCCCC(=O)Nc1ccc(N(C)C)cc1.[HH].